The molecular weight excluding hydrogens is 299 g/mol. The SMILES string of the molecule is CN(Cc1ccccc1F)C(=O)COc1nnc2ccccn12. The highest BCUT2D eigenvalue weighted by atomic mass is 19.1. The lowest BCUT2D eigenvalue weighted by molar-refractivity contribution is -0.132. The average molecular weight is 314 g/mol. The smallest absolute Gasteiger partial charge is 0.322 e. The number of pyridine rings is 1. The minimum atomic E-state index is -0.337. The highest BCUT2D eigenvalue weighted by molar-refractivity contribution is 5.77. The number of rotatable bonds is 5. The van der Waals surface area contributed by atoms with Crippen LogP contribution in [0.1, 0.15) is 5.56 Å². The van der Waals surface area contributed by atoms with Crippen LogP contribution in [0.5, 0.6) is 6.01 Å². The Morgan fingerprint density at radius 2 is 2.00 bits per heavy atom. The molecule has 0 radical (unpaired) electrons. The molecule has 118 valence electrons. The first kappa shape index (κ1) is 15.0. The van der Waals surface area contributed by atoms with E-state index >= 15 is 0 Å². The molecule has 1 amide bonds. The number of halogens is 1. The lowest BCUT2D eigenvalue weighted by atomic mass is 10.2. The predicted octanol–water partition coefficient (Wildman–Crippen LogP) is 1.91. The third-order valence-electron chi connectivity index (χ3n) is 3.40. The number of fused-ring (bicyclic) bond motifs is 1. The van der Waals surface area contributed by atoms with Crippen LogP contribution in [-0.4, -0.2) is 39.1 Å². The van der Waals surface area contributed by atoms with Crippen LogP contribution in [0.2, 0.25) is 0 Å². The molecule has 2 aromatic heterocycles. The van der Waals surface area contributed by atoms with Crippen LogP contribution in [0.3, 0.4) is 0 Å². The summed E-state index contributed by atoms with van der Waals surface area (Å²) in [7, 11) is 1.60. The summed E-state index contributed by atoms with van der Waals surface area (Å²) in [6.07, 6.45) is 1.75. The number of hydrogen-bond acceptors (Lipinski definition) is 4. The maximum Gasteiger partial charge on any atom is 0.322 e. The summed E-state index contributed by atoms with van der Waals surface area (Å²) in [4.78, 5) is 13.5. The van der Waals surface area contributed by atoms with Crippen LogP contribution in [0.4, 0.5) is 4.39 Å². The van der Waals surface area contributed by atoms with E-state index in [0.717, 1.165) is 0 Å². The highest BCUT2D eigenvalue weighted by Gasteiger charge is 2.14. The Morgan fingerprint density at radius 3 is 2.83 bits per heavy atom. The van der Waals surface area contributed by atoms with E-state index in [1.54, 1.807) is 41.9 Å². The monoisotopic (exact) mass is 314 g/mol. The Bertz CT molecular complexity index is 834. The summed E-state index contributed by atoms with van der Waals surface area (Å²) in [5.74, 6) is -0.613. The summed E-state index contributed by atoms with van der Waals surface area (Å²) in [6.45, 7) is -0.0178. The molecule has 0 N–H and O–H groups in total. The van der Waals surface area contributed by atoms with Gasteiger partial charge in [-0.1, -0.05) is 29.4 Å². The van der Waals surface area contributed by atoms with Gasteiger partial charge in [0, 0.05) is 25.4 Å². The molecule has 1 aromatic carbocycles. The number of ether oxygens (including phenoxy) is 1. The third-order valence-corrected chi connectivity index (χ3v) is 3.40. The molecular formula is C16H15FN4O2. The van der Waals surface area contributed by atoms with Gasteiger partial charge in [-0.2, -0.15) is 0 Å². The van der Waals surface area contributed by atoms with Gasteiger partial charge < -0.3 is 9.64 Å². The molecule has 3 rings (SSSR count). The number of benzene rings is 1. The van der Waals surface area contributed by atoms with E-state index in [-0.39, 0.29) is 30.9 Å². The quantitative estimate of drug-likeness (QED) is 0.722. The molecule has 2 heterocycles. The largest absolute Gasteiger partial charge is 0.453 e. The lowest BCUT2D eigenvalue weighted by Gasteiger charge is -2.17. The van der Waals surface area contributed by atoms with Gasteiger partial charge in [0.1, 0.15) is 5.82 Å². The second kappa shape index (κ2) is 6.43. The summed E-state index contributed by atoms with van der Waals surface area (Å²) >= 11 is 0. The molecule has 0 unspecified atom stereocenters. The van der Waals surface area contributed by atoms with Crippen LogP contribution < -0.4 is 4.74 Å². The van der Waals surface area contributed by atoms with Crippen LogP contribution >= 0.6 is 0 Å². The van der Waals surface area contributed by atoms with Gasteiger partial charge >= 0.3 is 6.01 Å². The van der Waals surface area contributed by atoms with Crippen molar-refractivity contribution < 1.29 is 13.9 Å². The van der Waals surface area contributed by atoms with E-state index in [9.17, 15) is 9.18 Å². The van der Waals surface area contributed by atoms with Gasteiger partial charge in [-0.15, -0.1) is 5.10 Å². The van der Waals surface area contributed by atoms with Gasteiger partial charge in [-0.05, 0) is 18.2 Å². The maximum absolute atomic E-state index is 13.6. The first-order valence-corrected chi connectivity index (χ1v) is 7.05. The Hall–Kier alpha value is -2.96. The molecule has 0 saturated carbocycles. The zero-order valence-electron chi connectivity index (χ0n) is 12.5. The van der Waals surface area contributed by atoms with Crippen molar-refractivity contribution in [2.75, 3.05) is 13.7 Å². The predicted molar refractivity (Wildman–Crippen MR) is 81.4 cm³/mol. The molecule has 6 nitrogen and oxygen atoms in total. The van der Waals surface area contributed by atoms with Crippen LogP contribution in [0, 0.1) is 5.82 Å². The second-order valence-electron chi connectivity index (χ2n) is 5.04. The fourth-order valence-electron chi connectivity index (χ4n) is 2.12. The van der Waals surface area contributed by atoms with Crippen molar-refractivity contribution in [3.05, 3.63) is 60.0 Å². The zero-order chi connectivity index (χ0) is 16.2. The molecule has 23 heavy (non-hydrogen) atoms. The number of carbonyl (C=O) groups is 1. The number of nitrogens with zero attached hydrogens (tertiary/aromatic N) is 4. The van der Waals surface area contributed by atoms with Gasteiger partial charge in [0.2, 0.25) is 0 Å². The van der Waals surface area contributed by atoms with E-state index in [2.05, 4.69) is 10.2 Å². The number of amides is 1. The zero-order valence-corrected chi connectivity index (χ0v) is 12.5. The van der Waals surface area contributed by atoms with Crippen molar-refractivity contribution >= 4 is 11.6 Å². The van der Waals surface area contributed by atoms with Gasteiger partial charge in [-0.25, -0.2) is 4.39 Å². The summed E-state index contributed by atoms with van der Waals surface area (Å²) < 4.78 is 20.7. The minimum Gasteiger partial charge on any atom is -0.453 e. The Kier molecular flexibility index (Phi) is 4.18. The first-order chi connectivity index (χ1) is 11.1. The Morgan fingerprint density at radius 1 is 1.22 bits per heavy atom. The van der Waals surface area contributed by atoms with Crippen molar-refractivity contribution in [3.63, 3.8) is 0 Å². The Labute approximate surface area is 132 Å². The minimum absolute atomic E-state index is 0.176. The summed E-state index contributed by atoms with van der Waals surface area (Å²) in [5.41, 5.74) is 1.09. The van der Waals surface area contributed by atoms with E-state index in [0.29, 0.717) is 11.2 Å². The topological polar surface area (TPSA) is 59.7 Å². The van der Waals surface area contributed by atoms with Crippen molar-refractivity contribution in [2.24, 2.45) is 0 Å². The molecule has 7 heteroatoms. The number of carbonyl (C=O) groups excluding carboxylic acids is 1. The fourth-order valence-corrected chi connectivity index (χ4v) is 2.12. The van der Waals surface area contributed by atoms with Gasteiger partial charge in [0.15, 0.2) is 12.3 Å². The summed E-state index contributed by atoms with van der Waals surface area (Å²) in [5, 5.41) is 7.82. The normalized spacial score (nSPS) is 10.7. The van der Waals surface area contributed by atoms with Crippen LogP contribution in [-0.2, 0) is 11.3 Å². The first-order valence-electron chi connectivity index (χ1n) is 7.05. The number of hydrogen-bond donors (Lipinski definition) is 0. The molecule has 0 fully saturated rings. The fraction of sp³-hybridized carbons (Fsp3) is 0.188. The van der Waals surface area contributed by atoms with Crippen molar-refractivity contribution in [3.8, 4) is 6.01 Å². The standard InChI is InChI=1S/C16H15FN4O2/c1-20(10-12-6-2-3-7-13(12)17)15(22)11-23-16-19-18-14-8-4-5-9-21(14)16/h2-9H,10-11H2,1H3. The molecule has 0 aliphatic carbocycles. The molecule has 0 atom stereocenters. The average Bonchev–Trinajstić information content (AvgIpc) is 2.98. The Balaban J connectivity index is 1.62. The molecule has 0 aliphatic heterocycles. The number of likely N-dealkylation sites (N-methyl/N-ethyl adjacent to an activating group) is 1. The van der Waals surface area contributed by atoms with E-state index in [1.807, 2.05) is 12.1 Å². The van der Waals surface area contributed by atoms with Crippen molar-refractivity contribution in [1.29, 1.82) is 0 Å². The van der Waals surface area contributed by atoms with E-state index < -0.39 is 0 Å². The molecule has 0 saturated heterocycles. The lowest BCUT2D eigenvalue weighted by Crippen LogP contribution is -2.31. The molecule has 3 aromatic rings. The van der Waals surface area contributed by atoms with Crippen molar-refractivity contribution in [2.45, 2.75) is 6.54 Å². The maximum atomic E-state index is 13.6. The van der Waals surface area contributed by atoms with Gasteiger partial charge in [0.05, 0.1) is 0 Å². The molecule has 0 spiro atoms. The molecule has 0 bridgehead atoms. The number of aromatic nitrogens is 3. The van der Waals surface area contributed by atoms with Crippen molar-refractivity contribution in [1.82, 2.24) is 19.5 Å². The van der Waals surface area contributed by atoms with E-state index in [4.69, 9.17) is 4.74 Å². The van der Waals surface area contributed by atoms with Crippen LogP contribution in [0.25, 0.3) is 5.65 Å². The second-order valence-corrected chi connectivity index (χ2v) is 5.04. The van der Waals surface area contributed by atoms with E-state index in [1.165, 1.54) is 11.0 Å². The van der Waals surface area contributed by atoms with Crippen LogP contribution in [0.15, 0.2) is 48.7 Å². The third kappa shape index (κ3) is 3.28. The van der Waals surface area contributed by atoms with Gasteiger partial charge in [0.25, 0.3) is 5.91 Å². The highest BCUT2D eigenvalue weighted by Crippen LogP contribution is 2.11. The summed E-state index contributed by atoms with van der Waals surface area (Å²) in [6, 6.07) is 12.0. The van der Waals surface area contributed by atoms with Gasteiger partial charge in [-0.3, -0.25) is 9.20 Å². The molecule has 0 aliphatic rings.